The highest BCUT2D eigenvalue weighted by atomic mass is 28.4. The number of carbonyl (C=O) groups is 1. The summed E-state index contributed by atoms with van der Waals surface area (Å²) in [7, 11) is -0.496. The van der Waals surface area contributed by atoms with Crippen molar-refractivity contribution in [3.63, 3.8) is 0 Å². The predicted octanol–water partition coefficient (Wildman–Crippen LogP) is 5.17. The molecule has 2 fully saturated rings. The lowest BCUT2D eigenvalue weighted by Gasteiger charge is -2.37. The van der Waals surface area contributed by atoms with E-state index in [0.717, 1.165) is 25.7 Å². The Hall–Kier alpha value is -0.513. The number of esters is 1. The van der Waals surface area contributed by atoms with Crippen molar-refractivity contribution in [3.05, 3.63) is 0 Å². The van der Waals surface area contributed by atoms with E-state index in [1.807, 2.05) is 27.7 Å². The number of hydrogen-bond donors (Lipinski definition) is 0. The zero-order valence-corrected chi connectivity index (χ0v) is 22.9. The van der Waals surface area contributed by atoms with Gasteiger partial charge in [0.05, 0.1) is 19.8 Å². The first-order valence-electron chi connectivity index (χ1n) is 12.0. The molecule has 7 nitrogen and oxygen atoms in total. The van der Waals surface area contributed by atoms with E-state index < -0.39 is 19.9 Å². The first kappa shape index (κ1) is 27.7. The van der Waals surface area contributed by atoms with E-state index in [4.69, 9.17) is 28.1 Å². The van der Waals surface area contributed by atoms with Crippen LogP contribution in [0.3, 0.4) is 0 Å². The summed E-state index contributed by atoms with van der Waals surface area (Å²) < 4.78 is 36.4. The maximum absolute atomic E-state index is 11.3. The Bertz CT molecular complexity index is 626. The Morgan fingerprint density at radius 2 is 1.41 bits per heavy atom. The molecule has 0 aliphatic carbocycles. The summed E-state index contributed by atoms with van der Waals surface area (Å²) in [6.45, 7) is 19.5. The zero-order valence-electron chi connectivity index (χ0n) is 21.9. The van der Waals surface area contributed by atoms with Crippen molar-refractivity contribution in [1.82, 2.24) is 0 Å². The molecule has 188 valence electrons. The molecular formula is C24H46O7Si. The van der Waals surface area contributed by atoms with Crippen molar-refractivity contribution < 1.29 is 32.9 Å². The van der Waals surface area contributed by atoms with Gasteiger partial charge in [-0.3, -0.25) is 4.79 Å². The fourth-order valence-electron chi connectivity index (χ4n) is 4.04. The van der Waals surface area contributed by atoms with Gasteiger partial charge in [-0.1, -0.05) is 33.6 Å². The predicted molar refractivity (Wildman–Crippen MR) is 126 cm³/mol. The Kier molecular flexibility index (Phi) is 9.01. The summed E-state index contributed by atoms with van der Waals surface area (Å²) in [6, 6.07) is 0. The van der Waals surface area contributed by atoms with Gasteiger partial charge in [0.1, 0.15) is 18.3 Å². The van der Waals surface area contributed by atoms with Crippen LogP contribution in [0.15, 0.2) is 0 Å². The largest absolute Gasteiger partial charge is 0.469 e. The van der Waals surface area contributed by atoms with E-state index in [-0.39, 0.29) is 35.4 Å². The SMILES string of the molecule is COC(=O)CCCCC[C@@H]1OC(C)(C)O[C@H]1[C@H]1OC(C)(C)O[C@@H]1CO[Si](C)(C)C(C)(C)C. The smallest absolute Gasteiger partial charge is 0.305 e. The van der Waals surface area contributed by atoms with Crippen molar-refractivity contribution in [3.8, 4) is 0 Å². The summed E-state index contributed by atoms with van der Waals surface area (Å²) >= 11 is 0. The molecule has 4 atom stereocenters. The monoisotopic (exact) mass is 474 g/mol. The fourth-order valence-corrected chi connectivity index (χ4v) is 5.05. The molecule has 0 aromatic rings. The first-order chi connectivity index (χ1) is 14.6. The van der Waals surface area contributed by atoms with E-state index >= 15 is 0 Å². The molecule has 0 amide bonds. The molecule has 8 heteroatoms. The van der Waals surface area contributed by atoms with Gasteiger partial charge in [-0.05, 0) is 58.7 Å². The van der Waals surface area contributed by atoms with E-state index in [9.17, 15) is 4.79 Å². The second kappa shape index (κ2) is 10.4. The molecule has 0 spiro atoms. The zero-order chi connectivity index (χ0) is 24.4. The van der Waals surface area contributed by atoms with Crippen LogP contribution in [0.5, 0.6) is 0 Å². The van der Waals surface area contributed by atoms with Crippen molar-refractivity contribution >= 4 is 14.3 Å². The number of unbranched alkanes of at least 4 members (excludes halogenated alkanes) is 2. The molecule has 0 aromatic heterocycles. The maximum atomic E-state index is 11.3. The van der Waals surface area contributed by atoms with Gasteiger partial charge in [0.2, 0.25) is 0 Å². The van der Waals surface area contributed by atoms with Gasteiger partial charge in [-0.25, -0.2) is 0 Å². The minimum absolute atomic E-state index is 0.0963. The number of hydrogen-bond acceptors (Lipinski definition) is 7. The maximum Gasteiger partial charge on any atom is 0.305 e. The topological polar surface area (TPSA) is 72.5 Å². The van der Waals surface area contributed by atoms with Crippen LogP contribution in [-0.2, 0) is 32.9 Å². The minimum Gasteiger partial charge on any atom is -0.469 e. The van der Waals surface area contributed by atoms with E-state index in [1.165, 1.54) is 7.11 Å². The van der Waals surface area contributed by atoms with E-state index in [1.54, 1.807) is 0 Å². The lowest BCUT2D eigenvalue weighted by Crippen LogP contribution is -2.47. The third-order valence-electron chi connectivity index (χ3n) is 6.78. The van der Waals surface area contributed by atoms with Crippen LogP contribution in [0.25, 0.3) is 0 Å². The van der Waals surface area contributed by atoms with Crippen molar-refractivity contribution in [2.45, 2.75) is 135 Å². The highest BCUT2D eigenvalue weighted by molar-refractivity contribution is 6.74. The molecule has 0 N–H and O–H groups in total. The lowest BCUT2D eigenvalue weighted by atomic mass is 9.98. The second-order valence-corrected chi connectivity index (χ2v) is 16.3. The summed E-state index contributed by atoms with van der Waals surface area (Å²) in [5.74, 6) is -1.54. The molecule has 2 heterocycles. The Labute approximate surface area is 195 Å². The Morgan fingerprint density at radius 1 is 0.875 bits per heavy atom. The van der Waals surface area contributed by atoms with Crippen LogP contribution in [-0.4, -0.2) is 64.0 Å². The van der Waals surface area contributed by atoms with Crippen LogP contribution in [0.1, 0.15) is 80.6 Å². The van der Waals surface area contributed by atoms with Crippen molar-refractivity contribution in [1.29, 1.82) is 0 Å². The third kappa shape index (κ3) is 7.50. The Balaban J connectivity index is 2.03. The van der Waals surface area contributed by atoms with Gasteiger partial charge in [0.25, 0.3) is 0 Å². The van der Waals surface area contributed by atoms with Gasteiger partial charge >= 0.3 is 5.97 Å². The molecule has 0 radical (unpaired) electrons. The number of rotatable bonds is 10. The van der Waals surface area contributed by atoms with Gasteiger partial charge in [0, 0.05) is 6.42 Å². The first-order valence-corrected chi connectivity index (χ1v) is 14.9. The molecule has 0 saturated carbocycles. The highest BCUT2D eigenvalue weighted by Crippen LogP contribution is 2.41. The van der Waals surface area contributed by atoms with Crippen LogP contribution in [0.2, 0.25) is 18.1 Å². The second-order valence-electron chi connectivity index (χ2n) is 11.5. The molecule has 0 aromatic carbocycles. The molecule has 2 aliphatic rings. The molecule has 0 unspecified atom stereocenters. The summed E-state index contributed by atoms with van der Waals surface area (Å²) in [4.78, 5) is 11.3. The normalized spacial score (nSPS) is 29.9. The summed E-state index contributed by atoms with van der Waals surface area (Å²) in [5.41, 5.74) is 0. The quantitative estimate of drug-likeness (QED) is 0.246. The van der Waals surface area contributed by atoms with E-state index in [2.05, 4.69) is 33.9 Å². The van der Waals surface area contributed by atoms with Crippen molar-refractivity contribution in [2.24, 2.45) is 0 Å². The fraction of sp³-hybridized carbons (Fsp3) is 0.958. The number of carbonyl (C=O) groups excluding carboxylic acids is 1. The molecule has 2 rings (SSSR count). The van der Waals surface area contributed by atoms with Crippen molar-refractivity contribution in [2.75, 3.05) is 13.7 Å². The van der Waals surface area contributed by atoms with Gasteiger partial charge in [0.15, 0.2) is 19.9 Å². The average molecular weight is 475 g/mol. The highest BCUT2D eigenvalue weighted by Gasteiger charge is 2.54. The van der Waals surface area contributed by atoms with Crippen LogP contribution >= 0.6 is 0 Å². The minimum atomic E-state index is -1.92. The Morgan fingerprint density at radius 3 is 1.94 bits per heavy atom. The molecule has 0 bridgehead atoms. The number of ether oxygens (including phenoxy) is 5. The van der Waals surface area contributed by atoms with Crippen LogP contribution < -0.4 is 0 Å². The van der Waals surface area contributed by atoms with Crippen LogP contribution in [0, 0.1) is 0 Å². The molecular weight excluding hydrogens is 428 g/mol. The van der Waals surface area contributed by atoms with Gasteiger partial charge < -0.3 is 28.1 Å². The molecule has 2 saturated heterocycles. The third-order valence-corrected chi connectivity index (χ3v) is 11.3. The molecule has 2 aliphatic heterocycles. The van der Waals surface area contributed by atoms with Crippen LogP contribution in [0.4, 0.5) is 0 Å². The summed E-state index contributed by atoms with van der Waals surface area (Å²) in [6.07, 6.45) is 3.17. The van der Waals surface area contributed by atoms with Gasteiger partial charge in [-0.15, -0.1) is 0 Å². The van der Waals surface area contributed by atoms with Gasteiger partial charge in [-0.2, -0.15) is 0 Å². The lowest BCUT2D eigenvalue weighted by molar-refractivity contribution is -0.175. The molecule has 32 heavy (non-hydrogen) atoms. The average Bonchev–Trinajstić information content (AvgIpc) is 3.13. The number of methoxy groups -OCH3 is 1. The standard InChI is InChI=1S/C24H46O7Si/c1-22(2,3)32(9,10)27-16-18-21(31-24(6,7)29-18)20-17(28-23(4,5)30-20)14-12-11-13-15-19(25)26-8/h17-18,20-21H,11-16H2,1-10H3/t17-,18+,20+,21-/m0/s1. The van der Waals surface area contributed by atoms with E-state index in [0.29, 0.717) is 13.0 Å². The summed E-state index contributed by atoms with van der Waals surface area (Å²) in [5, 5.41) is 0.124.